The minimum absolute atomic E-state index is 0.110. The number of hydrogen-bond donors (Lipinski definition) is 2. The molecule has 3 rings (SSSR count). The minimum Gasteiger partial charge on any atom is -0.508 e. The molecule has 2 aromatic carbocycles. The van der Waals surface area contributed by atoms with E-state index >= 15 is 0 Å². The smallest absolute Gasteiger partial charge is 0.131 e. The molecule has 20 heavy (non-hydrogen) atoms. The lowest BCUT2D eigenvalue weighted by Crippen LogP contribution is -2.14. The maximum Gasteiger partial charge on any atom is 0.131 e. The van der Waals surface area contributed by atoms with Gasteiger partial charge < -0.3 is 9.84 Å². The molecule has 2 atom stereocenters. The Labute approximate surface area is 119 Å². The molecule has 2 unspecified atom stereocenters. The molecule has 1 fully saturated rings. The molecule has 1 saturated heterocycles. The molecule has 0 radical (unpaired) electrons. The van der Waals surface area contributed by atoms with Crippen LogP contribution in [0, 0.1) is 0 Å². The summed E-state index contributed by atoms with van der Waals surface area (Å²) in [4.78, 5) is 0. The lowest BCUT2D eigenvalue weighted by Gasteiger charge is -2.13. The van der Waals surface area contributed by atoms with Crippen LogP contribution in [-0.4, -0.2) is 21.6 Å². The Morgan fingerprint density at radius 1 is 1.15 bits per heavy atom. The van der Waals surface area contributed by atoms with Gasteiger partial charge in [-0.15, -0.1) is 0 Å². The van der Waals surface area contributed by atoms with E-state index in [-0.39, 0.29) is 11.1 Å². The standard InChI is InChI=1S/C15H15NO3S/c17-12-8-11(15-16-6-7-20(15)18)9-14(10-12)19-13-4-2-1-3-5-13/h1-5,8-10,15-17H,6-7H2. The highest BCUT2D eigenvalue weighted by Gasteiger charge is 2.24. The van der Waals surface area contributed by atoms with Gasteiger partial charge >= 0.3 is 0 Å². The number of ether oxygens (including phenoxy) is 1. The number of nitrogens with one attached hydrogen (secondary N) is 1. The van der Waals surface area contributed by atoms with Crippen molar-refractivity contribution >= 4 is 10.8 Å². The molecule has 104 valence electrons. The molecule has 0 spiro atoms. The Bertz CT molecular complexity index is 630. The van der Waals surface area contributed by atoms with E-state index in [1.165, 1.54) is 0 Å². The van der Waals surface area contributed by atoms with Crippen LogP contribution in [-0.2, 0) is 10.8 Å². The van der Waals surface area contributed by atoms with Crippen molar-refractivity contribution < 1.29 is 14.1 Å². The number of aromatic hydroxyl groups is 1. The zero-order chi connectivity index (χ0) is 13.9. The molecule has 0 saturated carbocycles. The third-order valence-corrected chi connectivity index (χ3v) is 4.66. The van der Waals surface area contributed by atoms with Gasteiger partial charge in [0.05, 0.1) is 0 Å². The van der Waals surface area contributed by atoms with Crippen LogP contribution in [0.25, 0.3) is 0 Å². The highest BCUT2D eigenvalue weighted by atomic mass is 32.2. The lowest BCUT2D eigenvalue weighted by molar-refractivity contribution is 0.453. The number of hydrogen-bond acceptors (Lipinski definition) is 4. The minimum atomic E-state index is -0.952. The topological polar surface area (TPSA) is 58.6 Å². The molecule has 0 aliphatic carbocycles. The molecular weight excluding hydrogens is 274 g/mol. The second kappa shape index (κ2) is 5.64. The average molecular weight is 289 g/mol. The van der Waals surface area contributed by atoms with Crippen LogP contribution in [0.1, 0.15) is 10.9 Å². The first-order valence-electron chi connectivity index (χ1n) is 6.40. The van der Waals surface area contributed by atoms with E-state index in [0.717, 1.165) is 12.1 Å². The lowest BCUT2D eigenvalue weighted by atomic mass is 10.2. The summed E-state index contributed by atoms with van der Waals surface area (Å²) >= 11 is 0. The molecule has 0 amide bonds. The van der Waals surface area contributed by atoms with Crippen LogP contribution < -0.4 is 10.1 Å². The van der Waals surface area contributed by atoms with Crippen LogP contribution >= 0.6 is 0 Å². The van der Waals surface area contributed by atoms with E-state index in [9.17, 15) is 9.32 Å². The normalized spacial score (nSPS) is 21.8. The summed E-state index contributed by atoms with van der Waals surface area (Å²) in [5.41, 5.74) is 0.784. The molecule has 2 N–H and O–H groups in total. The van der Waals surface area contributed by atoms with E-state index in [1.807, 2.05) is 36.4 Å². The summed E-state index contributed by atoms with van der Waals surface area (Å²) in [6.45, 7) is 0.724. The van der Waals surface area contributed by atoms with Crippen LogP contribution in [0.5, 0.6) is 17.2 Å². The van der Waals surface area contributed by atoms with Gasteiger partial charge in [0.15, 0.2) is 0 Å². The zero-order valence-electron chi connectivity index (χ0n) is 10.8. The number of benzene rings is 2. The fraction of sp³-hybridized carbons (Fsp3) is 0.200. The fourth-order valence-corrected chi connectivity index (χ4v) is 3.51. The quantitative estimate of drug-likeness (QED) is 0.911. The summed E-state index contributed by atoms with van der Waals surface area (Å²) in [6.07, 6.45) is 0. The summed E-state index contributed by atoms with van der Waals surface area (Å²) in [5.74, 6) is 1.98. The van der Waals surface area contributed by atoms with Gasteiger partial charge in [0, 0.05) is 29.2 Å². The molecular formula is C15H15NO3S. The van der Waals surface area contributed by atoms with Crippen molar-refractivity contribution in [2.75, 3.05) is 12.3 Å². The first kappa shape index (κ1) is 13.1. The number of para-hydroxylation sites is 1. The van der Waals surface area contributed by atoms with Crippen LogP contribution in [0.15, 0.2) is 48.5 Å². The monoisotopic (exact) mass is 289 g/mol. The van der Waals surface area contributed by atoms with Crippen molar-refractivity contribution in [1.29, 1.82) is 0 Å². The predicted molar refractivity (Wildman–Crippen MR) is 78.4 cm³/mol. The van der Waals surface area contributed by atoms with Crippen LogP contribution in [0.2, 0.25) is 0 Å². The molecule has 1 heterocycles. The van der Waals surface area contributed by atoms with E-state index in [4.69, 9.17) is 4.74 Å². The van der Waals surface area contributed by atoms with Crippen molar-refractivity contribution in [1.82, 2.24) is 5.32 Å². The zero-order valence-corrected chi connectivity index (χ0v) is 11.6. The van der Waals surface area contributed by atoms with Gasteiger partial charge in [0.1, 0.15) is 22.6 Å². The second-order valence-corrected chi connectivity index (χ2v) is 6.24. The van der Waals surface area contributed by atoms with Crippen molar-refractivity contribution in [3.8, 4) is 17.2 Å². The van der Waals surface area contributed by atoms with Gasteiger partial charge in [-0.2, -0.15) is 0 Å². The molecule has 5 heteroatoms. The molecule has 0 aromatic heterocycles. The van der Waals surface area contributed by atoms with E-state index in [2.05, 4.69) is 5.32 Å². The van der Waals surface area contributed by atoms with E-state index in [1.54, 1.807) is 12.1 Å². The maximum atomic E-state index is 11.9. The molecule has 4 nitrogen and oxygen atoms in total. The first-order chi connectivity index (χ1) is 9.72. The molecule has 1 aliphatic heterocycles. The van der Waals surface area contributed by atoms with Crippen molar-refractivity contribution in [2.45, 2.75) is 5.37 Å². The van der Waals surface area contributed by atoms with Gasteiger partial charge in [-0.25, -0.2) is 0 Å². The Balaban J connectivity index is 1.89. The maximum absolute atomic E-state index is 11.9. The molecule has 1 aliphatic rings. The Morgan fingerprint density at radius 2 is 1.95 bits per heavy atom. The van der Waals surface area contributed by atoms with Crippen LogP contribution in [0.4, 0.5) is 0 Å². The number of phenolic OH excluding ortho intramolecular Hbond substituents is 1. The SMILES string of the molecule is O=S1CCNC1c1cc(O)cc(Oc2ccccc2)c1. The summed E-state index contributed by atoms with van der Waals surface area (Å²) in [6, 6.07) is 14.3. The second-order valence-electron chi connectivity index (χ2n) is 4.59. The van der Waals surface area contributed by atoms with Gasteiger partial charge in [-0.1, -0.05) is 18.2 Å². The molecule has 2 aromatic rings. The highest BCUT2D eigenvalue weighted by Crippen LogP contribution is 2.31. The Hall–Kier alpha value is -1.85. The van der Waals surface area contributed by atoms with Crippen molar-refractivity contribution in [3.05, 3.63) is 54.1 Å². The fourth-order valence-electron chi connectivity index (χ4n) is 2.21. The summed E-state index contributed by atoms with van der Waals surface area (Å²) < 4.78 is 17.6. The predicted octanol–water partition coefficient (Wildman–Crippen LogP) is 2.54. The van der Waals surface area contributed by atoms with Crippen molar-refractivity contribution in [3.63, 3.8) is 0 Å². The van der Waals surface area contributed by atoms with Gasteiger partial charge in [-0.05, 0) is 29.8 Å². The van der Waals surface area contributed by atoms with Gasteiger partial charge in [-0.3, -0.25) is 9.53 Å². The first-order valence-corrected chi connectivity index (χ1v) is 7.78. The van der Waals surface area contributed by atoms with Crippen LogP contribution in [0.3, 0.4) is 0 Å². The van der Waals surface area contributed by atoms with Gasteiger partial charge in [0.2, 0.25) is 0 Å². The third-order valence-electron chi connectivity index (χ3n) is 3.09. The van der Waals surface area contributed by atoms with Crippen molar-refractivity contribution in [2.24, 2.45) is 0 Å². The third kappa shape index (κ3) is 2.84. The number of phenols is 1. The van der Waals surface area contributed by atoms with Gasteiger partial charge in [0.25, 0.3) is 0 Å². The number of rotatable bonds is 3. The summed E-state index contributed by atoms with van der Waals surface area (Å²) in [5, 5.41) is 12.8. The Kier molecular flexibility index (Phi) is 3.71. The largest absolute Gasteiger partial charge is 0.508 e. The molecule has 0 bridgehead atoms. The van der Waals surface area contributed by atoms with E-state index < -0.39 is 10.8 Å². The Morgan fingerprint density at radius 3 is 2.65 bits per heavy atom. The highest BCUT2D eigenvalue weighted by molar-refractivity contribution is 7.85. The average Bonchev–Trinajstić information content (AvgIpc) is 2.85. The summed E-state index contributed by atoms with van der Waals surface area (Å²) in [7, 11) is -0.952. The van der Waals surface area contributed by atoms with E-state index in [0.29, 0.717) is 17.3 Å².